The van der Waals surface area contributed by atoms with Crippen molar-refractivity contribution in [1.29, 1.82) is 0 Å². The molecule has 2 N–H and O–H groups in total. The lowest BCUT2D eigenvalue weighted by atomic mass is 10.3. The van der Waals surface area contributed by atoms with E-state index in [2.05, 4.69) is 20.7 Å². The maximum absolute atomic E-state index is 12.1. The maximum atomic E-state index is 12.1. The van der Waals surface area contributed by atoms with E-state index in [-0.39, 0.29) is 17.8 Å². The van der Waals surface area contributed by atoms with Gasteiger partial charge in [0.05, 0.1) is 5.69 Å². The fraction of sp³-hybridized carbons (Fsp3) is 0.400. The number of carbonyl (C=O) groups is 1. The first-order valence-electron chi connectivity index (χ1n) is 7.12. The lowest BCUT2D eigenvalue weighted by molar-refractivity contribution is 0.0940. The third kappa shape index (κ3) is 3.66. The molecule has 0 aliphatic heterocycles. The van der Waals surface area contributed by atoms with Crippen molar-refractivity contribution >= 4 is 5.91 Å². The normalized spacial score (nSPS) is 12.1. The molecule has 0 aliphatic rings. The fourth-order valence-corrected chi connectivity index (χ4v) is 1.87. The second kappa shape index (κ2) is 6.99. The van der Waals surface area contributed by atoms with Crippen molar-refractivity contribution in [2.24, 2.45) is 0 Å². The van der Waals surface area contributed by atoms with E-state index in [0.29, 0.717) is 13.0 Å². The Morgan fingerprint density at radius 3 is 2.67 bits per heavy atom. The van der Waals surface area contributed by atoms with Crippen molar-refractivity contribution in [1.82, 2.24) is 25.4 Å². The third-order valence-electron chi connectivity index (χ3n) is 3.26. The van der Waals surface area contributed by atoms with Gasteiger partial charge in [-0.05, 0) is 26.1 Å². The minimum Gasteiger partial charge on any atom is -0.348 e. The number of likely N-dealkylation sites (N-methyl/N-ethyl adjacent to an activating group) is 1. The topological polar surface area (TPSA) is 71.8 Å². The zero-order valence-corrected chi connectivity index (χ0v) is 12.6. The number of hydrogen-bond acceptors (Lipinski definition) is 4. The van der Waals surface area contributed by atoms with Crippen LogP contribution in [0, 0.1) is 0 Å². The highest BCUT2D eigenvalue weighted by molar-refractivity contribution is 5.90. The lowest BCUT2D eigenvalue weighted by Crippen LogP contribution is -2.37. The summed E-state index contributed by atoms with van der Waals surface area (Å²) < 4.78 is 1.72. The van der Waals surface area contributed by atoms with Gasteiger partial charge in [0.2, 0.25) is 5.82 Å². The molecule has 0 aliphatic carbocycles. The van der Waals surface area contributed by atoms with Crippen molar-refractivity contribution < 1.29 is 4.79 Å². The van der Waals surface area contributed by atoms with E-state index < -0.39 is 0 Å². The molecule has 0 radical (unpaired) electrons. The van der Waals surface area contributed by atoms with Crippen LogP contribution in [0.15, 0.2) is 30.3 Å². The number of rotatable bonds is 6. The highest BCUT2D eigenvalue weighted by atomic mass is 16.2. The van der Waals surface area contributed by atoms with Gasteiger partial charge in [0.15, 0.2) is 0 Å². The number of nitrogens with zero attached hydrogens (tertiary/aromatic N) is 3. The molecule has 0 bridgehead atoms. The second-order valence-corrected chi connectivity index (χ2v) is 4.85. The van der Waals surface area contributed by atoms with Crippen LogP contribution >= 0.6 is 0 Å². The number of carbonyl (C=O) groups excluding carboxylic acids is 1. The molecule has 0 spiro atoms. The van der Waals surface area contributed by atoms with E-state index in [4.69, 9.17) is 0 Å². The van der Waals surface area contributed by atoms with Gasteiger partial charge in [-0.2, -0.15) is 0 Å². The quantitative estimate of drug-likeness (QED) is 0.836. The van der Waals surface area contributed by atoms with Crippen molar-refractivity contribution in [2.45, 2.75) is 26.3 Å². The summed E-state index contributed by atoms with van der Waals surface area (Å²) in [7, 11) is 1.86. The molecule has 0 saturated heterocycles. The summed E-state index contributed by atoms with van der Waals surface area (Å²) >= 11 is 0. The molecule has 21 heavy (non-hydrogen) atoms. The van der Waals surface area contributed by atoms with Gasteiger partial charge in [-0.3, -0.25) is 4.79 Å². The number of nitrogens with one attached hydrogen (secondary N) is 2. The number of hydrogen-bond donors (Lipinski definition) is 2. The molecule has 112 valence electrons. The SMILES string of the molecule is CCc1nc(C(=O)NCC(C)NC)nn1-c1ccccc1. The molecule has 1 aromatic heterocycles. The van der Waals surface area contributed by atoms with E-state index in [0.717, 1.165) is 11.5 Å². The van der Waals surface area contributed by atoms with Gasteiger partial charge in [-0.15, -0.1) is 5.10 Å². The van der Waals surface area contributed by atoms with Gasteiger partial charge < -0.3 is 10.6 Å². The minimum atomic E-state index is -0.249. The van der Waals surface area contributed by atoms with Gasteiger partial charge in [0.25, 0.3) is 5.91 Å². The number of aromatic nitrogens is 3. The maximum Gasteiger partial charge on any atom is 0.291 e. The zero-order valence-electron chi connectivity index (χ0n) is 12.6. The second-order valence-electron chi connectivity index (χ2n) is 4.85. The number of aryl methyl sites for hydroxylation is 1. The van der Waals surface area contributed by atoms with Crippen LogP contribution in [0.5, 0.6) is 0 Å². The van der Waals surface area contributed by atoms with Gasteiger partial charge in [-0.1, -0.05) is 25.1 Å². The van der Waals surface area contributed by atoms with Crippen LogP contribution in [0.2, 0.25) is 0 Å². The first-order valence-corrected chi connectivity index (χ1v) is 7.12. The average molecular weight is 287 g/mol. The summed E-state index contributed by atoms with van der Waals surface area (Å²) in [5, 5.41) is 10.2. The zero-order chi connectivity index (χ0) is 15.2. The number of para-hydroxylation sites is 1. The summed E-state index contributed by atoms with van der Waals surface area (Å²) in [5.74, 6) is 0.730. The predicted molar refractivity (Wildman–Crippen MR) is 81.6 cm³/mol. The van der Waals surface area contributed by atoms with Crippen molar-refractivity contribution in [3.8, 4) is 5.69 Å². The first-order chi connectivity index (χ1) is 10.2. The molecule has 1 amide bonds. The Hall–Kier alpha value is -2.21. The van der Waals surface area contributed by atoms with Crippen LogP contribution in [0.1, 0.15) is 30.3 Å². The summed E-state index contributed by atoms with van der Waals surface area (Å²) in [4.78, 5) is 16.4. The molecule has 0 saturated carbocycles. The molecule has 0 fully saturated rings. The molecule has 1 unspecified atom stereocenters. The van der Waals surface area contributed by atoms with E-state index in [9.17, 15) is 4.79 Å². The average Bonchev–Trinajstić information content (AvgIpc) is 2.97. The fourth-order valence-electron chi connectivity index (χ4n) is 1.87. The van der Waals surface area contributed by atoms with Crippen molar-refractivity contribution in [3.05, 3.63) is 42.0 Å². The smallest absolute Gasteiger partial charge is 0.291 e. The molecule has 1 heterocycles. The lowest BCUT2D eigenvalue weighted by Gasteiger charge is -2.09. The Morgan fingerprint density at radius 2 is 2.05 bits per heavy atom. The molecular weight excluding hydrogens is 266 g/mol. The Morgan fingerprint density at radius 1 is 1.33 bits per heavy atom. The standard InChI is InChI=1S/C15H21N5O/c1-4-13-18-14(15(21)17-10-11(2)16-3)19-20(13)12-8-6-5-7-9-12/h5-9,11,16H,4,10H2,1-3H3,(H,17,21). The van der Waals surface area contributed by atoms with Gasteiger partial charge >= 0.3 is 0 Å². The van der Waals surface area contributed by atoms with Crippen LogP contribution < -0.4 is 10.6 Å². The van der Waals surface area contributed by atoms with Crippen LogP contribution in [0.25, 0.3) is 5.69 Å². The van der Waals surface area contributed by atoms with E-state index >= 15 is 0 Å². The highest BCUT2D eigenvalue weighted by Crippen LogP contribution is 2.10. The molecule has 1 aromatic carbocycles. The van der Waals surface area contributed by atoms with E-state index in [1.54, 1.807) is 4.68 Å². The molecular formula is C15H21N5O. The molecule has 1 atom stereocenters. The summed E-state index contributed by atoms with van der Waals surface area (Å²) in [5.41, 5.74) is 0.907. The highest BCUT2D eigenvalue weighted by Gasteiger charge is 2.16. The summed E-state index contributed by atoms with van der Waals surface area (Å²) in [6.45, 7) is 4.53. The summed E-state index contributed by atoms with van der Waals surface area (Å²) in [6, 6.07) is 9.90. The third-order valence-corrected chi connectivity index (χ3v) is 3.26. The van der Waals surface area contributed by atoms with Crippen LogP contribution in [0.4, 0.5) is 0 Å². The monoisotopic (exact) mass is 287 g/mol. The number of amides is 1. The van der Waals surface area contributed by atoms with Gasteiger partial charge in [0.1, 0.15) is 5.82 Å². The summed E-state index contributed by atoms with van der Waals surface area (Å²) in [6.07, 6.45) is 0.710. The van der Waals surface area contributed by atoms with Crippen LogP contribution in [-0.4, -0.2) is 40.3 Å². The molecule has 2 rings (SSSR count). The minimum absolute atomic E-state index is 0.204. The largest absolute Gasteiger partial charge is 0.348 e. The van der Waals surface area contributed by atoms with Gasteiger partial charge in [0, 0.05) is 19.0 Å². The van der Waals surface area contributed by atoms with Crippen LogP contribution in [-0.2, 0) is 6.42 Å². The van der Waals surface area contributed by atoms with E-state index in [1.807, 2.05) is 51.2 Å². The Labute approximate surface area is 124 Å². The van der Waals surface area contributed by atoms with E-state index in [1.165, 1.54) is 0 Å². The number of benzene rings is 1. The van der Waals surface area contributed by atoms with Crippen LogP contribution in [0.3, 0.4) is 0 Å². The predicted octanol–water partition coefficient (Wildman–Crippen LogP) is 1.17. The molecule has 6 nitrogen and oxygen atoms in total. The first kappa shape index (κ1) is 15.2. The van der Waals surface area contributed by atoms with Crippen molar-refractivity contribution in [2.75, 3.05) is 13.6 Å². The Kier molecular flexibility index (Phi) is 5.05. The van der Waals surface area contributed by atoms with Crippen molar-refractivity contribution in [3.63, 3.8) is 0 Å². The Balaban J connectivity index is 2.19. The molecule has 2 aromatic rings. The Bertz CT molecular complexity index is 593. The molecule has 6 heteroatoms. The van der Waals surface area contributed by atoms with Gasteiger partial charge in [-0.25, -0.2) is 9.67 Å².